The van der Waals surface area contributed by atoms with E-state index in [1.165, 1.54) is 19.3 Å². The van der Waals surface area contributed by atoms with E-state index in [1.807, 2.05) is 0 Å². The predicted molar refractivity (Wildman–Crippen MR) is 48.7 cm³/mol. The van der Waals surface area contributed by atoms with Crippen molar-refractivity contribution in [2.24, 2.45) is 23.7 Å². The van der Waals surface area contributed by atoms with Gasteiger partial charge in [0.2, 0.25) is 0 Å². The lowest BCUT2D eigenvalue weighted by Gasteiger charge is -2.25. The Kier molecular flexibility index (Phi) is 2.35. The highest BCUT2D eigenvalue weighted by Gasteiger charge is 2.46. The lowest BCUT2D eigenvalue weighted by atomic mass is 9.78. The van der Waals surface area contributed by atoms with Crippen LogP contribution in [-0.2, 0) is 4.79 Å². The highest BCUT2D eigenvalue weighted by molar-refractivity contribution is 5.49. The van der Waals surface area contributed by atoms with Crippen molar-refractivity contribution in [1.29, 1.82) is 5.26 Å². The van der Waals surface area contributed by atoms with E-state index in [0.29, 0.717) is 18.3 Å². The summed E-state index contributed by atoms with van der Waals surface area (Å²) in [6.45, 7) is 0. The summed E-state index contributed by atoms with van der Waals surface area (Å²) in [5.41, 5.74) is 0. The fourth-order valence-electron chi connectivity index (χ4n) is 3.29. The van der Waals surface area contributed by atoms with Crippen LogP contribution < -0.4 is 0 Å². The summed E-state index contributed by atoms with van der Waals surface area (Å²) in [7, 11) is 0. The summed E-state index contributed by atoms with van der Waals surface area (Å²) in [6, 6.07) is 2.44. The number of nitrogens with zero attached hydrogens (tertiary/aromatic N) is 1. The molecule has 0 aliphatic heterocycles. The number of fused-ring (bicyclic) bond motifs is 2. The normalized spacial score (nSPS) is 41.8. The van der Waals surface area contributed by atoms with E-state index < -0.39 is 0 Å². The van der Waals surface area contributed by atoms with Gasteiger partial charge >= 0.3 is 0 Å². The molecule has 2 saturated carbocycles. The number of nitriles is 1. The molecular weight excluding hydrogens is 162 g/mol. The molecule has 2 fully saturated rings. The van der Waals surface area contributed by atoms with Crippen LogP contribution in [0.1, 0.15) is 32.1 Å². The maximum Gasteiger partial charge on any atom is 0.120 e. The van der Waals surface area contributed by atoms with Crippen molar-refractivity contribution in [2.75, 3.05) is 0 Å². The highest BCUT2D eigenvalue weighted by atomic mass is 16.1. The Labute approximate surface area is 78.9 Å². The van der Waals surface area contributed by atoms with Crippen LogP contribution in [0.15, 0.2) is 0 Å². The van der Waals surface area contributed by atoms with Gasteiger partial charge in [-0.05, 0) is 43.4 Å². The van der Waals surface area contributed by atoms with Crippen LogP contribution in [0.3, 0.4) is 0 Å². The molecule has 70 valence electrons. The van der Waals surface area contributed by atoms with Gasteiger partial charge in [-0.1, -0.05) is 0 Å². The predicted octanol–water partition coefficient (Wildman–Crippen LogP) is 2.15. The summed E-state index contributed by atoms with van der Waals surface area (Å²) >= 11 is 0. The van der Waals surface area contributed by atoms with E-state index >= 15 is 0 Å². The second-order valence-electron chi connectivity index (χ2n) is 4.40. The van der Waals surface area contributed by atoms with Gasteiger partial charge in [-0.3, -0.25) is 0 Å². The average Bonchev–Trinajstić information content (AvgIpc) is 2.73. The summed E-state index contributed by atoms with van der Waals surface area (Å²) in [5.74, 6) is 2.22. The molecule has 2 heteroatoms. The molecular formula is C11H15NO. The molecule has 13 heavy (non-hydrogen) atoms. The molecule has 0 heterocycles. The monoisotopic (exact) mass is 177 g/mol. The Balaban J connectivity index is 2.01. The molecule has 4 unspecified atom stereocenters. The Morgan fingerprint density at radius 1 is 1.38 bits per heavy atom. The minimum absolute atomic E-state index is 0.263. The van der Waals surface area contributed by atoms with Gasteiger partial charge < -0.3 is 4.79 Å². The van der Waals surface area contributed by atoms with Crippen molar-refractivity contribution in [3.8, 4) is 6.07 Å². The molecule has 2 aliphatic rings. The lowest BCUT2D eigenvalue weighted by molar-refractivity contribution is -0.108. The van der Waals surface area contributed by atoms with E-state index in [1.54, 1.807) is 0 Å². The standard InChI is InChI=1S/C11H15NO/c12-7-11-9-4-3-8(6-9)10(11)2-1-5-13/h5,8-11H,1-4,6H2. The SMILES string of the molecule is N#CC1C2CCC(C2)C1CCC=O. The van der Waals surface area contributed by atoms with Crippen molar-refractivity contribution in [1.82, 2.24) is 0 Å². The second-order valence-corrected chi connectivity index (χ2v) is 4.40. The topological polar surface area (TPSA) is 40.9 Å². The van der Waals surface area contributed by atoms with Crippen molar-refractivity contribution in [2.45, 2.75) is 32.1 Å². The molecule has 2 nitrogen and oxygen atoms in total. The van der Waals surface area contributed by atoms with Gasteiger partial charge in [0.25, 0.3) is 0 Å². The molecule has 2 aliphatic carbocycles. The second kappa shape index (κ2) is 3.49. The third kappa shape index (κ3) is 1.37. The quantitative estimate of drug-likeness (QED) is 0.620. The molecule has 0 aromatic heterocycles. The van der Waals surface area contributed by atoms with E-state index in [9.17, 15) is 4.79 Å². The van der Waals surface area contributed by atoms with Gasteiger partial charge in [0.15, 0.2) is 0 Å². The maximum atomic E-state index is 10.3. The Bertz CT molecular complexity index is 243. The molecule has 0 spiro atoms. The van der Waals surface area contributed by atoms with E-state index in [2.05, 4.69) is 6.07 Å². The lowest BCUT2D eigenvalue weighted by Crippen LogP contribution is -2.21. The van der Waals surface area contributed by atoms with E-state index in [-0.39, 0.29) is 5.92 Å². The van der Waals surface area contributed by atoms with Crippen LogP contribution in [0, 0.1) is 35.0 Å². The zero-order valence-corrected chi connectivity index (χ0v) is 7.78. The van der Waals surface area contributed by atoms with Crippen molar-refractivity contribution in [3.05, 3.63) is 0 Å². The molecule has 0 aromatic carbocycles. The minimum atomic E-state index is 0.263. The fraction of sp³-hybridized carbons (Fsp3) is 0.818. The summed E-state index contributed by atoms with van der Waals surface area (Å²) in [5, 5.41) is 9.02. The maximum absolute atomic E-state index is 10.3. The Morgan fingerprint density at radius 3 is 2.85 bits per heavy atom. The van der Waals surface area contributed by atoms with Crippen LogP contribution in [0.2, 0.25) is 0 Å². The van der Waals surface area contributed by atoms with E-state index in [4.69, 9.17) is 5.26 Å². The molecule has 0 radical (unpaired) electrons. The van der Waals surface area contributed by atoms with Crippen molar-refractivity contribution >= 4 is 6.29 Å². The smallest absolute Gasteiger partial charge is 0.120 e. The third-order valence-electron chi connectivity index (χ3n) is 3.86. The first-order valence-electron chi connectivity index (χ1n) is 5.20. The van der Waals surface area contributed by atoms with Gasteiger partial charge in [-0.2, -0.15) is 5.26 Å². The van der Waals surface area contributed by atoms with Gasteiger partial charge in [0.1, 0.15) is 6.29 Å². The molecule has 0 N–H and O–H groups in total. The summed E-state index contributed by atoms with van der Waals surface area (Å²) in [6.07, 6.45) is 6.38. The van der Waals surface area contributed by atoms with Crippen LogP contribution in [0.4, 0.5) is 0 Å². The highest BCUT2D eigenvalue weighted by Crippen LogP contribution is 2.53. The zero-order chi connectivity index (χ0) is 9.26. The fourth-order valence-corrected chi connectivity index (χ4v) is 3.29. The first kappa shape index (κ1) is 8.74. The number of hydrogen-bond donors (Lipinski definition) is 0. The average molecular weight is 177 g/mol. The number of rotatable bonds is 3. The van der Waals surface area contributed by atoms with Crippen LogP contribution in [0.5, 0.6) is 0 Å². The first-order valence-corrected chi connectivity index (χ1v) is 5.20. The minimum Gasteiger partial charge on any atom is -0.303 e. The Morgan fingerprint density at radius 2 is 2.15 bits per heavy atom. The van der Waals surface area contributed by atoms with Gasteiger partial charge in [0.05, 0.1) is 12.0 Å². The van der Waals surface area contributed by atoms with Crippen molar-refractivity contribution < 1.29 is 4.79 Å². The zero-order valence-electron chi connectivity index (χ0n) is 7.78. The number of carbonyl (C=O) groups is 1. The van der Waals surface area contributed by atoms with E-state index in [0.717, 1.165) is 18.6 Å². The van der Waals surface area contributed by atoms with Gasteiger partial charge in [0, 0.05) is 6.42 Å². The number of carbonyl (C=O) groups excluding carboxylic acids is 1. The van der Waals surface area contributed by atoms with Crippen LogP contribution in [-0.4, -0.2) is 6.29 Å². The van der Waals surface area contributed by atoms with Crippen LogP contribution >= 0.6 is 0 Å². The molecule has 2 bridgehead atoms. The van der Waals surface area contributed by atoms with Crippen LogP contribution in [0.25, 0.3) is 0 Å². The molecule has 4 atom stereocenters. The molecule has 0 saturated heterocycles. The molecule has 0 amide bonds. The number of aldehydes is 1. The number of hydrogen-bond acceptors (Lipinski definition) is 2. The van der Waals surface area contributed by atoms with Crippen molar-refractivity contribution in [3.63, 3.8) is 0 Å². The molecule has 2 rings (SSSR count). The third-order valence-corrected chi connectivity index (χ3v) is 3.86. The summed E-state index contributed by atoms with van der Waals surface area (Å²) in [4.78, 5) is 10.3. The summed E-state index contributed by atoms with van der Waals surface area (Å²) < 4.78 is 0. The Hall–Kier alpha value is -0.840. The largest absolute Gasteiger partial charge is 0.303 e. The van der Waals surface area contributed by atoms with Gasteiger partial charge in [-0.15, -0.1) is 0 Å². The van der Waals surface area contributed by atoms with Gasteiger partial charge in [-0.25, -0.2) is 0 Å². The first-order chi connectivity index (χ1) is 6.36. The molecule has 0 aromatic rings.